The van der Waals surface area contributed by atoms with Crippen LogP contribution in [0, 0.1) is 0 Å². The molecule has 1 atom stereocenters. The fraction of sp³-hybridized carbons (Fsp3) is 0.235. The Morgan fingerprint density at radius 1 is 1.29 bits per heavy atom. The predicted octanol–water partition coefficient (Wildman–Crippen LogP) is 1.73. The summed E-state index contributed by atoms with van der Waals surface area (Å²) >= 11 is 0. The molecule has 1 amide bonds. The van der Waals surface area contributed by atoms with Gasteiger partial charge in [-0.15, -0.1) is 0 Å². The monoisotopic (exact) mass is 329 g/mol. The van der Waals surface area contributed by atoms with Gasteiger partial charge in [0.25, 0.3) is 5.91 Å². The number of hydrogen-bond donors (Lipinski definition) is 4. The minimum atomic E-state index is -0.560. The molecule has 7 nitrogen and oxygen atoms in total. The molecule has 0 fully saturated rings. The van der Waals surface area contributed by atoms with Crippen molar-refractivity contribution in [3.63, 3.8) is 0 Å². The van der Waals surface area contributed by atoms with Gasteiger partial charge in [0.15, 0.2) is 0 Å². The van der Waals surface area contributed by atoms with E-state index in [-0.39, 0.29) is 6.35 Å². The minimum absolute atomic E-state index is 0.353. The first-order valence-corrected chi connectivity index (χ1v) is 7.57. The molecule has 0 radical (unpaired) electrons. The molecular weight excluding hydrogens is 310 g/mol. The number of nitrogens with one attached hydrogen (secondary N) is 3. The van der Waals surface area contributed by atoms with Crippen molar-refractivity contribution >= 4 is 11.6 Å². The van der Waals surface area contributed by atoms with Crippen LogP contribution in [0.25, 0.3) is 0 Å². The van der Waals surface area contributed by atoms with Crippen LogP contribution in [-0.4, -0.2) is 31.1 Å². The topological polar surface area (TPSA) is 91.9 Å². The molecule has 7 heteroatoms. The molecule has 24 heavy (non-hydrogen) atoms. The lowest BCUT2D eigenvalue weighted by atomic mass is 10.1. The average molecular weight is 329 g/mol. The Balaban J connectivity index is 1.51. The molecule has 1 unspecified atom stereocenters. The predicted molar refractivity (Wildman–Crippen MR) is 88.4 cm³/mol. The van der Waals surface area contributed by atoms with Crippen LogP contribution >= 0.6 is 0 Å². The van der Waals surface area contributed by atoms with Gasteiger partial charge in [0, 0.05) is 12.1 Å². The lowest BCUT2D eigenvalue weighted by molar-refractivity contribution is 0.0706. The fourth-order valence-corrected chi connectivity index (χ4v) is 2.48. The molecule has 0 aliphatic carbocycles. The molecule has 126 valence electrons. The zero-order chi connectivity index (χ0) is 16.9. The number of rotatable bonds is 6. The van der Waals surface area contributed by atoms with Gasteiger partial charge < -0.3 is 14.8 Å². The zero-order valence-electron chi connectivity index (χ0n) is 13.2. The highest BCUT2D eigenvalue weighted by Gasteiger charge is 2.22. The molecule has 0 aromatic heterocycles. The largest absolute Gasteiger partial charge is 0.497 e. The maximum Gasteiger partial charge on any atom is 0.274 e. The van der Waals surface area contributed by atoms with E-state index in [0.717, 1.165) is 18.7 Å². The molecule has 1 aliphatic rings. The summed E-state index contributed by atoms with van der Waals surface area (Å²) in [4.78, 5) is 11.4. The third-order valence-electron chi connectivity index (χ3n) is 3.78. The molecule has 2 aromatic rings. The third-order valence-corrected chi connectivity index (χ3v) is 3.78. The van der Waals surface area contributed by atoms with Crippen LogP contribution < -0.4 is 25.6 Å². The molecule has 0 saturated heterocycles. The Kier molecular flexibility index (Phi) is 4.83. The minimum Gasteiger partial charge on any atom is -0.497 e. The van der Waals surface area contributed by atoms with E-state index in [1.165, 1.54) is 5.56 Å². The van der Waals surface area contributed by atoms with Gasteiger partial charge in [-0.1, -0.05) is 12.1 Å². The number of anilines is 1. The second-order valence-corrected chi connectivity index (χ2v) is 5.35. The Morgan fingerprint density at radius 2 is 2.08 bits per heavy atom. The second kappa shape index (κ2) is 7.20. The molecule has 2 aromatic carbocycles. The lowest BCUT2D eigenvalue weighted by Crippen LogP contribution is -2.38. The maximum atomic E-state index is 11.4. The standard InChI is InChI=1S/C17H19N3O4/c1-23-13-5-2-11(3-6-13)8-9-18-17-19-14-10-12(16(21)20-22)4-7-15(14)24-17/h2-7,10,17-19,22H,8-9H2,1H3,(H,20,21). The molecule has 0 bridgehead atoms. The number of hydrogen-bond acceptors (Lipinski definition) is 6. The number of fused-ring (bicyclic) bond motifs is 1. The van der Waals surface area contributed by atoms with Gasteiger partial charge in [-0.05, 0) is 42.3 Å². The number of methoxy groups -OCH3 is 1. The molecule has 4 N–H and O–H groups in total. The highest BCUT2D eigenvalue weighted by molar-refractivity contribution is 5.94. The number of amides is 1. The quantitative estimate of drug-likeness (QED) is 0.477. The normalized spacial score (nSPS) is 15.2. The van der Waals surface area contributed by atoms with E-state index in [2.05, 4.69) is 10.6 Å². The number of benzene rings is 2. The molecule has 1 aliphatic heterocycles. The lowest BCUT2D eigenvalue weighted by Gasteiger charge is -2.13. The summed E-state index contributed by atoms with van der Waals surface area (Å²) in [6, 6.07) is 12.8. The van der Waals surface area contributed by atoms with Crippen molar-refractivity contribution < 1.29 is 19.5 Å². The highest BCUT2D eigenvalue weighted by Crippen LogP contribution is 2.31. The molecular formula is C17H19N3O4. The summed E-state index contributed by atoms with van der Waals surface area (Å²) in [6.07, 6.45) is 0.491. The Labute approximate surface area is 139 Å². The van der Waals surface area contributed by atoms with E-state index in [0.29, 0.717) is 17.0 Å². The SMILES string of the molecule is COc1ccc(CCNC2Nc3cc(C(=O)NO)ccc3O2)cc1. The van der Waals surface area contributed by atoms with E-state index in [9.17, 15) is 4.79 Å². The summed E-state index contributed by atoms with van der Waals surface area (Å²) in [6.45, 7) is 0.724. The first-order valence-electron chi connectivity index (χ1n) is 7.57. The van der Waals surface area contributed by atoms with E-state index < -0.39 is 5.91 Å². The number of hydroxylamine groups is 1. The average Bonchev–Trinajstić information content (AvgIpc) is 3.03. The Morgan fingerprint density at radius 3 is 2.79 bits per heavy atom. The maximum absolute atomic E-state index is 11.4. The van der Waals surface area contributed by atoms with Gasteiger partial charge in [-0.25, -0.2) is 5.48 Å². The highest BCUT2D eigenvalue weighted by atomic mass is 16.5. The van der Waals surface area contributed by atoms with Crippen molar-refractivity contribution in [1.82, 2.24) is 10.8 Å². The van der Waals surface area contributed by atoms with Crippen molar-refractivity contribution in [3.05, 3.63) is 53.6 Å². The number of carbonyl (C=O) groups is 1. The van der Waals surface area contributed by atoms with E-state index in [1.807, 2.05) is 24.3 Å². The molecule has 0 saturated carbocycles. The fourth-order valence-electron chi connectivity index (χ4n) is 2.48. The van der Waals surface area contributed by atoms with Crippen LogP contribution in [0.5, 0.6) is 11.5 Å². The first kappa shape index (κ1) is 16.1. The third kappa shape index (κ3) is 3.58. The van der Waals surface area contributed by atoms with Crippen LogP contribution in [0.2, 0.25) is 0 Å². The molecule has 1 heterocycles. The van der Waals surface area contributed by atoms with Crippen LogP contribution in [0.3, 0.4) is 0 Å². The van der Waals surface area contributed by atoms with Crippen molar-refractivity contribution in [2.45, 2.75) is 12.8 Å². The van der Waals surface area contributed by atoms with Crippen molar-refractivity contribution in [2.75, 3.05) is 19.0 Å². The van der Waals surface area contributed by atoms with Crippen LogP contribution in [0.1, 0.15) is 15.9 Å². The van der Waals surface area contributed by atoms with Gasteiger partial charge in [-0.2, -0.15) is 0 Å². The van der Waals surface area contributed by atoms with E-state index >= 15 is 0 Å². The van der Waals surface area contributed by atoms with Crippen LogP contribution in [0.15, 0.2) is 42.5 Å². The van der Waals surface area contributed by atoms with Crippen LogP contribution in [0.4, 0.5) is 5.69 Å². The summed E-state index contributed by atoms with van der Waals surface area (Å²) in [7, 11) is 1.65. The van der Waals surface area contributed by atoms with E-state index in [1.54, 1.807) is 30.8 Å². The van der Waals surface area contributed by atoms with Gasteiger partial charge >= 0.3 is 0 Å². The second-order valence-electron chi connectivity index (χ2n) is 5.35. The molecule has 0 spiro atoms. The van der Waals surface area contributed by atoms with Crippen molar-refractivity contribution in [3.8, 4) is 11.5 Å². The van der Waals surface area contributed by atoms with Crippen molar-refractivity contribution in [1.29, 1.82) is 0 Å². The summed E-state index contributed by atoms with van der Waals surface area (Å²) < 4.78 is 10.8. The van der Waals surface area contributed by atoms with Gasteiger partial charge in [0.2, 0.25) is 6.35 Å². The Bertz CT molecular complexity index is 718. The summed E-state index contributed by atoms with van der Waals surface area (Å²) in [5.41, 5.74) is 3.87. The van der Waals surface area contributed by atoms with Gasteiger partial charge in [-0.3, -0.25) is 15.3 Å². The van der Waals surface area contributed by atoms with Crippen LogP contribution in [-0.2, 0) is 6.42 Å². The smallest absolute Gasteiger partial charge is 0.274 e. The van der Waals surface area contributed by atoms with Gasteiger partial charge in [0.1, 0.15) is 11.5 Å². The molecule has 3 rings (SSSR count). The Hall–Kier alpha value is -2.77. The van der Waals surface area contributed by atoms with Crippen molar-refractivity contribution in [2.24, 2.45) is 0 Å². The number of carbonyl (C=O) groups excluding carboxylic acids is 1. The number of ether oxygens (including phenoxy) is 2. The summed E-state index contributed by atoms with van der Waals surface area (Å²) in [5, 5.41) is 15.1. The first-order chi connectivity index (χ1) is 11.7. The zero-order valence-corrected chi connectivity index (χ0v) is 13.2. The summed E-state index contributed by atoms with van der Waals surface area (Å²) in [5.74, 6) is 0.938. The van der Waals surface area contributed by atoms with Gasteiger partial charge in [0.05, 0.1) is 12.8 Å². The van der Waals surface area contributed by atoms with E-state index in [4.69, 9.17) is 14.7 Å².